The Labute approximate surface area is 193 Å². The summed E-state index contributed by atoms with van der Waals surface area (Å²) in [6, 6.07) is 17.8. The van der Waals surface area contributed by atoms with Crippen LogP contribution < -0.4 is 10.0 Å². The van der Waals surface area contributed by atoms with E-state index in [-0.39, 0.29) is 33.5 Å². The summed E-state index contributed by atoms with van der Waals surface area (Å²) in [6.07, 6.45) is -4.41. The molecule has 0 atom stereocenters. The first-order chi connectivity index (χ1) is 15.5. The minimum Gasteiger partial charge on any atom is -0.367 e. The number of amides is 1. The summed E-state index contributed by atoms with van der Waals surface area (Å²) in [4.78, 5) is 12.4. The topological polar surface area (TPSA) is 84.5 Å². The Balaban J connectivity index is 1.66. The molecule has 0 unspecified atom stereocenters. The SMILES string of the molecule is O=C(Nc1cccc(S(=O)(=O)Nc2ccccc2Cl)c1)c1ccc(COCC(F)(F)F)cc1. The maximum atomic E-state index is 12.7. The molecule has 11 heteroatoms. The van der Waals surface area contributed by atoms with Crippen LogP contribution in [-0.4, -0.2) is 27.1 Å². The Morgan fingerprint density at radius 2 is 1.67 bits per heavy atom. The molecule has 0 bridgehead atoms. The average Bonchev–Trinajstić information content (AvgIpc) is 2.75. The lowest BCUT2D eigenvalue weighted by Crippen LogP contribution is -2.17. The summed E-state index contributed by atoms with van der Waals surface area (Å²) in [5, 5.41) is 2.83. The molecule has 0 aliphatic rings. The van der Waals surface area contributed by atoms with E-state index in [2.05, 4.69) is 14.8 Å². The molecule has 0 aliphatic carbocycles. The third-order valence-corrected chi connectivity index (χ3v) is 5.96. The Hall–Kier alpha value is -3.08. The molecule has 0 spiro atoms. The van der Waals surface area contributed by atoms with Gasteiger partial charge in [0.2, 0.25) is 0 Å². The Bertz CT molecular complexity index is 1230. The number of carbonyl (C=O) groups excluding carboxylic acids is 1. The van der Waals surface area contributed by atoms with E-state index in [9.17, 15) is 26.4 Å². The number of ether oxygens (including phenoxy) is 1. The van der Waals surface area contributed by atoms with Crippen LogP contribution in [0.2, 0.25) is 5.02 Å². The summed E-state index contributed by atoms with van der Waals surface area (Å²) >= 11 is 6.00. The first-order valence-electron chi connectivity index (χ1n) is 9.46. The molecule has 0 aliphatic heterocycles. The predicted octanol–water partition coefficient (Wildman–Crippen LogP) is 5.47. The summed E-state index contributed by atoms with van der Waals surface area (Å²) in [6.45, 7) is -1.61. The quantitative estimate of drug-likeness (QED) is 0.431. The Kier molecular flexibility index (Phi) is 7.62. The highest BCUT2D eigenvalue weighted by Crippen LogP contribution is 2.25. The number of halogens is 4. The van der Waals surface area contributed by atoms with Gasteiger partial charge in [0.1, 0.15) is 6.61 Å². The van der Waals surface area contributed by atoms with Crippen molar-refractivity contribution in [1.82, 2.24) is 0 Å². The van der Waals surface area contributed by atoms with Crippen LogP contribution in [0.4, 0.5) is 24.5 Å². The van der Waals surface area contributed by atoms with Gasteiger partial charge in [-0.25, -0.2) is 8.42 Å². The van der Waals surface area contributed by atoms with Crippen molar-refractivity contribution in [2.75, 3.05) is 16.6 Å². The van der Waals surface area contributed by atoms with Gasteiger partial charge >= 0.3 is 6.18 Å². The fraction of sp³-hybridized carbons (Fsp3) is 0.136. The van der Waals surface area contributed by atoms with E-state index in [0.29, 0.717) is 5.56 Å². The van der Waals surface area contributed by atoms with Gasteiger partial charge in [0.25, 0.3) is 15.9 Å². The lowest BCUT2D eigenvalue weighted by atomic mass is 10.1. The molecule has 0 aromatic heterocycles. The van der Waals surface area contributed by atoms with Crippen molar-refractivity contribution in [3.8, 4) is 0 Å². The molecule has 0 radical (unpaired) electrons. The number of rotatable bonds is 8. The molecule has 1 amide bonds. The molecule has 3 aromatic rings. The van der Waals surface area contributed by atoms with Crippen LogP contribution in [0, 0.1) is 0 Å². The highest BCUT2D eigenvalue weighted by molar-refractivity contribution is 7.92. The van der Waals surface area contributed by atoms with Gasteiger partial charge in [0.15, 0.2) is 0 Å². The van der Waals surface area contributed by atoms with E-state index in [1.165, 1.54) is 54.6 Å². The standard InChI is InChI=1S/C22H18ClF3N2O4S/c23-19-6-1-2-7-20(19)28-33(30,31)18-5-3-4-17(12-18)27-21(29)16-10-8-15(9-11-16)13-32-14-22(24,25)26/h1-12,28H,13-14H2,(H,27,29). The van der Waals surface area contributed by atoms with E-state index < -0.39 is 28.7 Å². The van der Waals surface area contributed by atoms with Crippen molar-refractivity contribution in [2.24, 2.45) is 0 Å². The van der Waals surface area contributed by atoms with Crippen LogP contribution in [0.1, 0.15) is 15.9 Å². The fourth-order valence-electron chi connectivity index (χ4n) is 2.73. The number of para-hydroxylation sites is 1. The smallest absolute Gasteiger partial charge is 0.367 e. The zero-order chi connectivity index (χ0) is 24.1. The van der Waals surface area contributed by atoms with Gasteiger partial charge in [-0.3, -0.25) is 9.52 Å². The highest BCUT2D eigenvalue weighted by Gasteiger charge is 2.27. The van der Waals surface area contributed by atoms with Gasteiger partial charge in [0, 0.05) is 11.3 Å². The molecule has 6 nitrogen and oxygen atoms in total. The minimum atomic E-state index is -4.41. The van der Waals surface area contributed by atoms with E-state index in [4.69, 9.17) is 11.6 Å². The average molecular weight is 499 g/mol. The van der Waals surface area contributed by atoms with Crippen molar-refractivity contribution >= 4 is 38.9 Å². The summed E-state index contributed by atoms with van der Waals surface area (Å²) in [5.74, 6) is -0.522. The molecule has 0 saturated heterocycles. The second-order valence-electron chi connectivity index (χ2n) is 6.87. The van der Waals surface area contributed by atoms with Crippen LogP contribution in [-0.2, 0) is 21.4 Å². The number of sulfonamides is 1. The second-order valence-corrected chi connectivity index (χ2v) is 8.96. The zero-order valence-electron chi connectivity index (χ0n) is 16.9. The van der Waals surface area contributed by atoms with Crippen LogP contribution in [0.5, 0.6) is 0 Å². The number of hydrogen-bond donors (Lipinski definition) is 2. The third kappa shape index (κ3) is 7.21. The summed E-state index contributed by atoms with van der Waals surface area (Å²) < 4.78 is 68.8. The van der Waals surface area contributed by atoms with Crippen molar-refractivity contribution in [2.45, 2.75) is 17.7 Å². The van der Waals surface area contributed by atoms with E-state index in [1.807, 2.05) is 0 Å². The highest BCUT2D eigenvalue weighted by atomic mass is 35.5. The van der Waals surface area contributed by atoms with E-state index in [1.54, 1.807) is 18.2 Å². The Morgan fingerprint density at radius 3 is 2.33 bits per heavy atom. The van der Waals surface area contributed by atoms with Gasteiger partial charge in [-0.05, 0) is 48.0 Å². The molecule has 33 heavy (non-hydrogen) atoms. The van der Waals surface area contributed by atoms with Crippen molar-refractivity contribution in [3.63, 3.8) is 0 Å². The van der Waals surface area contributed by atoms with Crippen LogP contribution in [0.15, 0.2) is 77.7 Å². The number of anilines is 2. The lowest BCUT2D eigenvalue weighted by molar-refractivity contribution is -0.176. The fourth-order valence-corrected chi connectivity index (χ4v) is 4.09. The first-order valence-corrected chi connectivity index (χ1v) is 11.3. The molecule has 3 aromatic carbocycles. The van der Waals surface area contributed by atoms with Crippen LogP contribution in [0.3, 0.4) is 0 Å². The molecular formula is C22H18ClF3N2O4S. The number of alkyl halides is 3. The van der Waals surface area contributed by atoms with Gasteiger partial charge in [-0.2, -0.15) is 13.2 Å². The Morgan fingerprint density at radius 1 is 0.970 bits per heavy atom. The maximum absolute atomic E-state index is 12.7. The van der Waals surface area contributed by atoms with Crippen molar-refractivity contribution < 1.29 is 31.1 Å². The number of nitrogens with one attached hydrogen (secondary N) is 2. The number of benzene rings is 3. The van der Waals surface area contributed by atoms with Gasteiger partial charge in [0.05, 0.1) is 22.2 Å². The summed E-state index contributed by atoms with van der Waals surface area (Å²) in [5.41, 5.74) is 1.15. The van der Waals surface area contributed by atoms with Gasteiger partial charge < -0.3 is 10.1 Å². The van der Waals surface area contributed by atoms with Crippen LogP contribution in [0.25, 0.3) is 0 Å². The lowest BCUT2D eigenvalue weighted by Gasteiger charge is -2.11. The number of hydrogen-bond acceptors (Lipinski definition) is 4. The molecular weight excluding hydrogens is 481 g/mol. The zero-order valence-corrected chi connectivity index (χ0v) is 18.5. The second kappa shape index (κ2) is 10.2. The largest absolute Gasteiger partial charge is 0.411 e. The monoisotopic (exact) mass is 498 g/mol. The molecule has 0 saturated carbocycles. The normalized spacial score (nSPS) is 11.8. The van der Waals surface area contributed by atoms with Crippen molar-refractivity contribution in [3.05, 3.63) is 88.9 Å². The molecule has 174 valence electrons. The first kappa shape index (κ1) is 24.6. The predicted molar refractivity (Wildman–Crippen MR) is 119 cm³/mol. The number of carbonyl (C=O) groups is 1. The van der Waals surface area contributed by atoms with E-state index in [0.717, 1.165) is 0 Å². The van der Waals surface area contributed by atoms with Gasteiger partial charge in [-0.15, -0.1) is 0 Å². The third-order valence-electron chi connectivity index (χ3n) is 4.27. The van der Waals surface area contributed by atoms with Crippen LogP contribution >= 0.6 is 11.6 Å². The van der Waals surface area contributed by atoms with Gasteiger partial charge in [-0.1, -0.05) is 41.9 Å². The van der Waals surface area contributed by atoms with Crippen molar-refractivity contribution in [1.29, 1.82) is 0 Å². The molecule has 0 fully saturated rings. The molecule has 3 rings (SSSR count). The summed E-state index contributed by atoms with van der Waals surface area (Å²) in [7, 11) is -3.96. The molecule has 2 N–H and O–H groups in total. The minimum absolute atomic E-state index is 0.0858. The van der Waals surface area contributed by atoms with E-state index >= 15 is 0 Å². The maximum Gasteiger partial charge on any atom is 0.411 e. The molecule has 0 heterocycles.